The zero-order valence-corrected chi connectivity index (χ0v) is 28.2. The van der Waals surface area contributed by atoms with E-state index in [1.807, 2.05) is 182 Å². The zero-order valence-electron chi connectivity index (χ0n) is 24.9. The summed E-state index contributed by atoms with van der Waals surface area (Å²) in [5, 5.41) is 20.6. The van der Waals surface area contributed by atoms with E-state index in [1.165, 1.54) is 0 Å². The fourth-order valence-electron chi connectivity index (χ4n) is 5.22. The van der Waals surface area contributed by atoms with Crippen molar-refractivity contribution in [1.29, 1.82) is 0 Å². The van der Waals surface area contributed by atoms with Gasteiger partial charge in [-0.3, -0.25) is 0 Å². The molecular formula is C36H30N2O6P2Pd+2. The first-order chi connectivity index (χ1) is 22.5. The van der Waals surface area contributed by atoms with Gasteiger partial charge < -0.3 is 15.3 Å². The van der Waals surface area contributed by atoms with Gasteiger partial charge in [-0.05, 0) is 82.0 Å². The summed E-state index contributed by atoms with van der Waals surface area (Å²) in [5.41, 5.74) is 0. The Kier molecular flexibility index (Phi) is 12.5. The maximum atomic E-state index is 14.4. The van der Waals surface area contributed by atoms with Gasteiger partial charge in [0.15, 0.2) is 0 Å². The summed E-state index contributed by atoms with van der Waals surface area (Å²) in [6.07, 6.45) is 0. The molecule has 0 aliphatic heterocycles. The summed E-state index contributed by atoms with van der Waals surface area (Å²) in [6, 6.07) is 59.8. The van der Waals surface area contributed by atoms with Crippen LogP contribution in [-0.2, 0) is 29.7 Å². The minimum atomic E-state index is -2.96. The van der Waals surface area contributed by atoms with E-state index in [1.54, 1.807) is 0 Å². The summed E-state index contributed by atoms with van der Waals surface area (Å²) in [6.45, 7) is 0. The molecule has 0 radical (unpaired) electrons. The van der Waals surface area contributed by atoms with Gasteiger partial charge in [0.2, 0.25) is 0 Å². The number of hydrogen-bond donors (Lipinski definition) is 0. The van der Waals surface area contributed by atoms with Crippen molar-refractivity contribution in [2.75, 3.05) is 0 Å². The Bertz CT molecular complexity index is 1510. The van der Waals surface area contributed by atoms with Crippen LogP contribution in [0.3, 0.4) is 0 Å². The molecule has 0 aliphatic carbocycles. The van der Waals surface area contributed by atoms with Crippen LogP contribution in [0, 0.1) is 20.2 Å². The van der Waals surface area contributed by atoms with Crippen LogP contribution in [0.25, 0.3) is 0 Å². The molecule has 0 fully saturated rings. The van der Waals surface area contributed by atoms with Crippen molar-refractivity contribution in [1.82, 2.24) is 0 Å². The Morgan fingerprint density at radius 2 is 0.511 bits per heavy atom. The van der Waals surface area contributed by atoms with Crippen molar-refractivity contribution >= 4 is 46.8 Å². The minimum Gasteiger partial charge on any atom is -0.356 e. The monoisotopic (exact) mass is 754 g/mol. The minimum absolute atomic E-state index is 0. The van der Waals surface area contributed by atoms with Crippen LogP contribution in [0.1, 0.15) is 0 Å². The van der Waals surface area contributed by atoms with Gasteiger partial charge >= 0.3 is 20.1 Å². The predicted octanol–water partition coefficient (Wildman–Crippen LogP) is 6.21. The first kappa shape index (κ1) is 35.1. The van der Waals surface area contributed by atoms with E-state index in [-0.39, 0.29) is 20.4 Å². The molecule has 6 aromatic rings. The van der Waals surface area contributed by atoms with Crippen LogP contribution < -0.4 is 31.8 Å². The maximum absolute atomic E-state index is 14.4. The second-order valence-corrected chi connectivity index (χ2v) is 15.7. The van der Waals surface area contributed by atoms with Gasteiger partial charge in [0.25, 0.3) is 0 Å². The molecule has 11 heteroatoms. The average Bonchev–Trinajstić information content (AvgIpc) is 3.11. The molecule has 238 valence electrons. The van der Waals surface area contributed by atoms with E-state index in [0.717, 1.165) is 31.8 Å². The topological polar surface area (TPSA) is 105 Å². The van der Waals surface area contributed by atoms with E-state index in [0.29, 0.717) is 5.09 Å². The summed E-state index contributed by atoms with van der Waals surface area (Å²) in [7, 11) is -5.93. The van der Waals surface area contributed by atoms with Gasteiger partial charge in [-0.15, -0.1) is 0 Å². The Hall–Kier alpha value is -4.76. The van der Waals surface area contributed by atoms with Crippen molar-refractivity contribution in [3.63, 3.8) is 0 Å². The molecule has 0 aliphatic rings. The summed E-state index contributed by atoms with van der Waals surface area (Å²) >= 11 is 0. The second kappa shape index (κ2) is 16.7. The standard InChI is InChI=1S/C36H30NO3P2.NO3.Pd/c38-37(39-41(31-19-7-1-8-20-31,32-21-9-2-10-22-32)33-23-11-3-12-24-33)40-42(34-25-13-4-14-26-34,35-27-15-5-16-28-35)36-29-17-6-18-30-36;2-1(3)4;/h1-30H;;/q+3;-1;. The number of nitrogens with zero attached hydrogens (tertiary/aromatic N) is 2. The van der Waals surface area contributed by atoms with E-state index in [9.17, 15) is 4.91 Å². The van der Waals surface area contributed by atoms with Crippen molar-refractivity contribution in [3.05, 3.63) is 202 Å². The van der Waals surface area contributed by atoms with Gasteiger partial charge in [-0.2, -0.15) is 0 Å². The van der Waals surface area contributed by atoms with Gasteiger partial charge in [-0.25, -0.2) is 0 Å². The largest absolute Gasteiger partial charge is 0.555 e. The summed E-state index contributed by atoms with van der Waals surface area (Å²) in [5.74, 6) is 0. The Balaban J connectivity index is 0.000000947. The third-order valence-corrected chi connectivity index (χ3v) is 14.0. The third-order valence-electron chi connectivity index (χ3n) is 7.10. The first-order valence-electron chi connectivity index (χ1n) is 14.3. The van der Waals surface area contributed by atoms with Crippen molar-refractivity contribution in [2.24, 2.45) is 0 Å². The smallest absolute Gasteiger partial charge is 0.356 e. The summed E-state index contributed by atoms with van der Waals surface area (Å²) in [4.78, 5) is 22.7. The number of rotatable bonds is 10. The molecule has 0 amide bonds. The molecule has 0 heterocycles. The molecule has 0 bridgehead atoms. The zero-order chi connectivity index (χ0) is 32.2. The van der Waals surface area contributed by atoms with Crippen LogP contribution in [-0.4, -0.2) is 10.2 Å². The quantitative estimate of drug-likeness (QED) is 0.0714. The van der Waals surface area contributed by atoms with Gasteiger partial charge in [0, 0.05) is 20.4 Å². The fraction of sp³-hybridized carbons (Fsp3) is 0. The summed E-state index contributed by atoms with van der Waals surface area (Å²) < 4.78 is 13.4. The molecule has 6 aromatic carbocycles. The normalized spacial score (nSPS) is 10.7. The van der Waals surface area contributed by atoms with E-state index < -0.39 is 20.1 Å². The van der Waals surface area contributed by atoms with Crippen LogP contribution in [0.15, 0.2) is 182 Å². The fourth-order valence-corrected chi connectivity index (χ4v) is 11.6. The molecule has 0 saturated carbocycles. The maximum Gasteiger partial charge on any atom is 0.555 e. The van der Waals surface area contributed by atoms with E-state index in [4.69, 9.17) is 24.6 Å². The first-order valence-corrected chi connectivity index (χ1v) is 17.7. The van der Waals surface area contributed by atoms with Crippen LogP contribution in [0.4, 0.5) is 0 Å². The van der Waals surface area contributed by atoms with Gasteiger partial charge in [-0.1, -0.05) is 109 Å². The van der Waals surface area contributed by atoms with E-state index in [2.05, 4.69) is 0 Å². The average molecular weight is 755 g/mol. The van der Waals surface area contributed by atoms with Crippen LogP contribution in [0.2, 0.25) is 0 Å². The molecular weight excluding hydrogens is 725 g/mol. The van der Waals surface area contributed by atoms with Crippen molar-refractivity contribution < 1.29 is 39.8 Å². The van der Waals surface area contributed by atoms with Gasteiger partial charge in [0.1, 0.15) is 36.7 Å². The molecule has 0 aromatic heterocycles. The molecule has 6 rings (SSSR count). The predicted molar refractivity (Wildman–Crippen MR) is 186 cm³/mol. The number of hydrogen-bond acceptors (Lipinski definition) is 6. The van der Waals surface area contributed by atoms with E-state index >= 15 is 0 Å². The van der Waals surface area contributed by atoms with Crippen molar-refractivity contribution in [3.8, 4) is 0 Å². The molecule has 0 spiro atoms. The van der Waals surface area contributed by atoms with Gasteiger partial charge in [0.05, 0.1) is 5.09 Å². The molecule has 0 unspecified atom stereocenters. The van der Waals surface area contributed by atoms with Crippen LogP contribution in [0.5, 0.6) is 0 Å². The Labute approximate surface area is 287 Å². The number of benzene rings is 6. The Morgan fingerprint density at radius 1 is 0.362 bits per heavy atom. The SMILES string of the molecule is O=[N+](O[P+](c1ccccc1)(c1ccccc1)c1ccccc1)O[P+](c1ccccc1)(c1ccccc1)c1ccccc1.O=[N+]([O-])[O-].[Pd]. The molecule has 8 nitrogen and oxygen atoms in total. The van der Waals surface area contributed by atoms with Crippen LogP contribution >= 0.6 is 15.0 Å². The third kappa shape index (κ3) is 7.97. The Morgan fingerprint density at radius 3 is 0.660 bits per heavy atom. The molecule has 47 heavy (non-hydrogen) atoms. The molecule has 0 saturated heterocycles. The van der Waals surface area contributed by atoms with Crippen molar-refractivity contribution in [2.45, 2.75) is 0 Å². The molecule has 0 atom stereocenters. The second-order valence-electron chi connectivity index (χ2n) is 9.84. The molecule has 0 N–H and O–H groups in total.